The Labute approximate surface area is 141 Å². The molecule has 2 N–H and O–H groups in total. The largest absolute Gasteiger partial charge is 0.493 e. The summed E-state index contributed by atoms with van der Waals surface area (Å²) in [4.78, 5) is 24.3. The number of amides is 2. The summed E-state index contributed by atoms with van der Waals surface area (Å²) >= 11 is 0. The second-order valence-electron chi connectivity index (χ2n) is 5.31. The molecule has 1 atom stereocenters. The Hall–Kier alpha value is -2.70. The number of rotatable bonds is 6. The van der Waals surface area contributed by atoms with Crippen LogP contribution < -0.4 is 24.8 Å². The Morgan fingerprint density at radius 3 is 2.17 bits per heavy atom. The normalized spacial score (nSPS) is 17.0. The summed E-state index contributed by atoms with van der Waals surface area (Å²) in [5, 5.41) is 5.43. The minimum Gasteiger partial charge on any atom is -0.493 e. The van der Waals surface area contributed by atoms with Crippen molar-refractivity contribution in [1.29, 1.82) is 0 Å². The van der Waals surface area contributed by atoms with E-state index in [4.69, 9.17) is 14.2 Å². The maximum Gasteiger partial charge on any atom is 0.319 e. The standard InChI is InChI=1S/C17H22N2O5/c1-6-11(20)14-9(2)18-17(21)19-15(14)10-7-12(22-3)16(24-5)13(8-10)23-4/h7-8,15H,6H2,1-5H3,(H2,18,19,21). The second kappa shape index (κ2) is 7.25. The number of carbonyl (C=O) groups excluding carboxylic acids is 2. The summed E-state index contributed by atoms with van der Waals surface area (Å²) in [5.41, 5.74) is 1.74. The van der Waals surface area contributed by atoms with E-state index >= 15 is 0 Å². The predicted octanol–water partition coefficient (Wildman–Crippen LogP) is 2.32. The number of ether oxygens (including phenoxy) is 3. The van der Waals surface area contributed by atoms with E-state index in [9.17, 15) is 9.59 Å². The van der Waals surface area contributed by atoms with Crippen molar-refractivity contribution in [3.05, 3.63) is 29.0 Å². The summed E-state index contributed by atoms with van der Waals surface area (Å²) in [5.74, 6) is 1.33. The summed E-state index contributed by atoms with van der Waals surface area (Å²) < 4.78 is 16.0. The van der Waals surface area contributed by atoms with Crippen LogP contribution in [0.3, 0.4) is 0 Å². The van der Waals surface area contributed by atoms with E-state index in [0.29, 0.717) is 40.5 Å². The van der Waals surface area contributed by atoms with E-state index in [1.54, 1.807) is 26.0 Å². The van der Waals surface area contributed by atoms with E-state index in [1.165, 1.54) is 21.3 Å². The fraction of sp³-hybridized carbons (Fsp3) is 0.412. The van der Waals surface area contributed by atoms with Crippen molar-refractivity contribution < 1.29 is 23.8 Å². The number of hydrogen-bond acceptors (Lipinski definition) is 5. The van der Waals surface area contributed by atoms with Crippen LogP contribution in [0.2, 0.25) is 0 Å². The maximum absolute atomic E-state index is 12.4. The van der Waals surface area contributed by atoms with Crippen LogP contribution in [0.1, 0.15) is 31.9 Å². The highest BCUT2D eigenvalue weighted by Crippen LogP contribution is 2.41. The van der Waals surface area contributed by atoms with Gasteiger partial charge < -0.3 is 24.8 Å². The molecule has 2 rings (SSSR count). The van der Waals surface area contributed by atoms with Crippen molar-refractivity contribution in [3.63, 3.8) is 0 Å². The summed E-state index contributed by atoms with van der Waals surface area (Å²) in [6.45, 7) is 3.50. The minimum absolute atomic E-state index is 0.0428. The second-order valence-corrected chi connectivity index (χ2v) is 5.31. The molecule has 24 heavy (non-hydrogen) atoms. The summed E-state index contributed by atoms with van der Waals surface area (Å²) in [7, 11) is 4.55. The van der Waals surface area contributed by atoms with Gasteiger partial charge in [0, 0.05) is 17.7 Å². The molecule has 1 aromatic rings. The minimum atomic E-state index is -0.583. The molecule has 0 spiro atoms. The monoisotopic (exact) mass is 334 g/mol. The smallest absolute Gasteiger partial charge is 0.319 e. The first-order chi connectivity index (χ1) is 11.5. The Balaban J connectivity index is 2.61. The third kappa shape index (κ3) is 3.15. The fourth-order valence-electron chi connectivity index (χ4n) is 2.77. The summed E-state index contributed by atoms with van der Waals surface area (Å²) in [6.07, 6.45) is 0.338. The molecule has 2 amide bonds. The number of urea groups is 1. The van der Waals surface area contributed by atoms with Gasteiger partial charge in [0.1, 0.15) is 0 Å². The van der Waals surface area contributed by atoms with E-state index in [0.717, 1.165) is 0 Å². The number of Topliss-reactive ketones (excluding diaryl/α,β-unsaturated/α-hetero) is 1. The molecular weight excluding hydrogens is 312 g/mol. The van der Waals surface area contributed by atoms with Crippen LogP contribution in [0, 0.1) is 0 Å². The van der Waals surface area contributed by atoms with Gasteiger partial charge in [-0.05, 0) is 24.6 Å². The molecule has 1 unspecified atom stereocenters. The van der Waals surface area contributed by atoms with Gasteiger partial charge >= 0.3 is 6.03 Å². The van der Waals surface area contributed by atoms with Crippen LogP contribution in [-0.2, 0) is 4.79 Å². The maximum atomic E-state index is 12.4. The first-order valence-electron chi connectivity index (χ1n) is 7.58. The predicted molar refractivity (Wildman–Crippen MR) is 88.5 cm³/mol. The summed E-state index contributed by atoms with van der Waals surface area (Å²) in [6, 6.07) is 2.51. The van der Waals surface area contributed by atoms with E-state index in [-0.39, 0.29) is 11.8 Å². The Morgan fingerprint density at radius 1 is 1.12 bits per heavy atom. The average molecular weight is 334 g/mol. The van der Waals surface area contributed by atoms with E-state index in [2.05, 4.69) is 10.6 Å². The lowest BCUT2D eigenvalue weighted by Gasteiger charge is -2.29. The number of ketones is 1. The van der Waals surface area contributed by atoms with Gasteiger partial charge in [0.25, 0.3) is 0 Å². The third-order valence-electron chi connectivity index (χ3n) is 3.91. The first kappa shape index (κ1) is 17.7. The molecule has 1 aliphatic rings. The topological polar surface area (TPSA) is 85.9 Å². The van der Waals surface area contributed by atoms with Crippen molar-refractivity contribution in [2.24, 2.45) is 0 Å². The van der Waals surface area contributed by atoms with Gasteiger partial charge in [-0.25, -0.2) is 4.79 Å². The van der Waals surface area contributed by atoms with Crippen molar-refractivity contribution >= 4 is 11.8 Å². The van der Waals surface area contributed by atoms with Crippen LogP contribution >= 0.6 is 0 Å². The van der Waals surface area contributed by atoms with Gasteiger partial charge in [-0.2, -0.15) is 0 Å². The van der Waals surface area contributed by atoms with Gasteiger partial charge in [0.2, 0.25) is 5.75 Å². The molecule has 130 valence electrons. The molecule has 0 radical (unpaired) electrons. The number of hydrogen-bond donors (Lipinski definition) is 2. The lowest BCUT2D eigenvalue weighted by Crippen LogP contribution is -2.45. The van der Waals surface area contributed by atoms with E-state index < -0.39 is 6.04 Å². The van der Waals surface area contributed by atoms with Crippen molar-refractivity contribution in [2.75, 3.05) is 21.3 Å². The first-order valence-corrected chi connectivity index (χ1v) is 7.58. The molecule has 1 aliphatic heterocycles. The molecule has 1 aromatic carbocycles. The molecule has 0 saturated heterocycles. The number of carbonyl (C=O) groups is 2. The van der Waals surface area contributed by atoms with Gasteiger partial charge in [0.15, 0.2) is 17.3 Å². The highest BCUT2D eigenvalue weighted by Gasteiger charge is 2.31. The molecule has 0 aliphatic carbocycles. The zero-order valence-electron chi connectivity index (χ0n) is 14.5. The Kier molecular flexibility index (Phi) is 5.33. The van der Waals surface area contributed by atoms with Crippen molar-refractivity contribution in [2.45, 2.75) is 26.3 Å². The number of allylic oxidation sites excluding steroid dienone is 1. The number of nitrogens with one attached hydrogen (secondary N) is 2. The highest BCUT2D eigenvalue weighted by molar-refractivity contribution is 5.99. The van der Waals surface area contributed by atoms with Crippen LogP contribution in [0.25, 0.3) is 0 Å². The molecule has 7 nitrogen and oxygen atoms in total. The lowest BCUT2D eigenvalue weighted by atomic mass is 9.91. The lowest BCUT2D eigenvalue weighted by molar-refractivity contribution is -0.115. The van der Waals surface area contributed by atoms with Crippen molar-refractivity contribution in [3.8, 4) is 17.2 Å². The van der Waals surface area contributed by atoms with Crippen LogP contribution in [-0.4, -0.2) is 33.1 Å². The Morgan fingerprint density at radius 2 is 1.71 bits per heavy atom. The average Bonchev–Trinajstić information content (AvgIpc) is 2.58. The highest BCUT2D eigenvalue weighted by atomic mass is 16.5. The van der Waals surface area contributed by atoms with E-state index in [1.807, 2.05) is 0 Å². The number of methoxy groups -OCH3 is 3. The fourth-order valence-corrected chi connectivity index (χ4v) is 2.77. The van der Waals surface area contributed by atoms with Crippen LogP contribution in [0.4, 0.5) is 4.79 Å². The molecule has 1 heterocycles. The van der Waals surface area contributed by atoms with Crippen molar-refractivity contribution in [1.82, 2.24) is 10.6 Å². The quantitative estimate of drug-likeness (QED) is 0.834. The number of benzene rings is 1. The van der Waals surface area contributed by atoms with Gasteiger partial charge in [-0.1, -0.05) is 6.92 Å². The molecule has 0 saturated carbocycles. The third-order valence-corrected chi connectivity index (χ3v) is 3.91. The molecule has 7 heteroatoms. The van der Waals surface area contributed by atoms with Gasteiger partial charge in [-0.3, -0.25) is 4.79 Å². The zero-order chi connectivity index (χ0) is 17.9. The SMILES string of the molecule is CCC(=O)C1=C(C)NC(=O)NC1c1cc(OC)c(OC)c(OC)c1. The van der Waals surface area contributed by atoms with Crippen LogP contribution in [0.5, 0.6) is 17.2 Å². The molecular formula is C17H22N2O5. The molecule has 0 fully saturated rings. The molecule has 0 bridgehead atoms. The zero-order valence-corrected chi connectivity index (χ0v) is 14.5. The Bertz CT molecular complexity index is 671. The van der Waals surface area contributed by atoms with Gasteiger partial charge in [0.05, 0.1) is 27.4 Å². The van der Waals surface area contributed by atoms with Crippen LogP contribution in [0.15, 0.2) is 23.4 Å². The van der Waals surface area contributed by atoms with Gasteiger partial charge in [-0.15, -0.1) is 0 Å². The molecule has 0 aromatic heterocycles.